The van der Waals surface area contributed by atoms with Crippen molar-refractivity contribution in [1.82, 2.24) is 5.32 Å². The molecule has 4 fully saturated rings. The van der Waals surface area contributed by atoms with Crippen LogP contribution in [0.3, 0.4) is 0 Å². The molecule has 1 N–H and O–H groups in total. The summed E-state index contributed by atoms with van der Waals surface area (Å²) in [4.78, 5) is 24.5. The predicted molar refractivity (Wildman–Crippen MR) is 138 cm³/mol. The number of benzene rings is 1. The van der Waals surface area contributed by atoms with E-state index in [1.54, 1.807) is 6.07 Å². The maximum absolute atomic E-state index is 12.5. The number of hydrogen-bond acceptors (Lipinski definition) is 2. The monoisotopic (exact) mass is 483 g/mol. The Kier molecular flexibility index (Phi) is 6.88. The average Bonchev–Trinajstić information content (AvgIpc) is 3.15. The predicted octanol–water partition coefficient (Wildman–Crippen LogP) is 7.61. The smallest absolute Gasteiger partial charge is 0.220 e. The average molecular weight is 484 g/mol. The fraction of sp³-hybridized carbons (Fsp3) is 0.733. The quantitative estimate of drug-likeness (QED) is 0.320. The molecule has 34 heavy (non-hydrogen) atoms. The van der Waals surface area contributed by atoms with Crippen LogP contribution < -0.4 is 5.32 Å². The van der Waals surface area contributed by atoms with Crippen LogP contribution in [0.2, 0.25) is 5.02 Å². The number of rotatable bonds is 7. The van der Waals surface area contributed by atoms with E-state index in [0.717, 1.165) is 54.9 Å². The maximum atomic E-state index is 12.5. The van der Waals surface area contributed by atoms with Gasteiger partial charge in [-0.1, -0.05) is 50.4 Å². The topological polar surface area (TPSA) is 46.2 Å². The van der Waals surface area contributed by atoms with Gasteiger partial charge in [0.2, 0.25) is 5.91 Å². The normalized spacial score (nSPS) is 39.0. The molecule has 1 amide bonds. The Morgan fingerprint density at radius 1 is 1.00 bits per heavy atom. The molecule has 4 heteroatoms. The Bertz CT molecular complexity index is 930. The summed E-state index contributed by atoms with van der Waals surface area (Å²) in [5.74, 6) is 3.86. The molecule has 0 aromatic heterocycles. The molecule has 4 aliphatic rings. The second-order valence-corrected chi connectivity index (χ2v) is 12.9. The maximum Gasteiger partial charge on any atom is 0.220 e. The van der Waals surface area contributed by atoms with Gasteiger partial charge in [0.05, 0.1) is 0 Å². The van der Waals surface area contributed by atoms with E-state index in [4.69, 9.17) is 11.6 Å². The molecule has 1 heterocycles. The van der Waals surface area contributed by atoms with Crippen molar-refractivity contribution in [2.24, 2.45) is 34.5 Å². The lowest BCUT2D eigenvalue weighted by Crippen LogP contribution is -2.61. The molecule has 3 nitrogen and oxygen atoms in total. The number of amides is 1. The number of nitrogens with one attached hydrogen (secondary N) is 1. The highest BCUT2D eigenvalue weighted by atomic mass is 35.5. The van der Waals surface area contributed by atoms with E-state index in [1.807, 2.05) is 18.2 Å². The third kappa shape index (κ3) is 4.36. The van der Waals surface area contributed by atoms with Gasteiger partial charge in [0.15, 0.2) is 5.78 Å². The largest absolute Gasteiger partial charge is 0.353 e. The van der Waals surface area contributed by atoms with Gasteiger partial charge in [-0.15, -0.1) is 0 Å². The van der Waals surface area contributed by atoms with Crippen molar-refractivity contribution in [2.45, 2.75) is 103 Å². The molecular formula is C30H42ClNO2. The van der Waals surface area contributed by atoms with Crippen molar-refractivity contribution >= 4 is 23.3 Å². The molecule has 1 saturated heterocycles. The standard InChI is InChI=1S/C30H42ClNO2/c1-29-17-15-25-23(12-14-27-30(25,2)18-16-28(34)32-27)24(29)13-11-21(29)8-4-3-5-10-26(33)20-7-6-9-22(31)19-20/h6-7,9,19,21,23-25,27H,3-5,8,10-18H2,1-2H3,(H,32,34)/t21?,23-,24-,25+,27?,29+,30+/m0/s1. The van der Waals surface area contributed by atoms with Gasteiger partial charge in [0.25, 0.3) is 0 Å². The number of Topliss-reactive ketones (excluding diaryl/α,β-unsaturated/α-hetero) is 1. The van der Waals surface area contributed by atoms with Gasteiger partial charge in [-0.05, 0) is 104 Å². The van der Waals surface area contributed by atoms with E-state index >= 15 is 0 Å². The van der Waals surface area contributed by atoms with E-state index in [1.165, 1.54) is 51.4 Å². The van der Waals surface area contributed by atoms with Gasteiger partial charge in [-0.25, -0.2) is 0 Å². The van der Waals surface area contributed by atoms with E-state index in [9.17, 15) is 9.59 Å². The van der Waals surface area contributed by atoms with Crippen molar-refractivity contribution < 1.29 is 9.59 Å². The number of halogens is 1. The zero-order valence-electron chi connectivity index (χ0n) is 21.1. The van der Waals surface area contributed by atoms with Crippen LogP contribution in [0.1, 0.15) is 108 Å². The Morgan fingerprint density at radius 2 is 1.82 bits per heavy atom. The van der Waals surface area contributed by atoms with Crippen LogP contribution in [0.15, 0.2) is 24.3 Å². The molecule has 0 radical (unpaired) electrons. The van der Waals surface area contributed by atoms with Crippen LogP contribution >= 0.6 is 11.6 Å². The Balaban J connectivity index is 1.13. The van der Waals surface area contributed by atoms with E-state index in [-0.39, 0.29) is 11.7 Å². The number of ketones is 1. The summed E-state index contributed by atoms with van der Waals surface area (Å²) in [7, 11) is 0. The molecule has 0 bridgehead atoms. The molecule has 5 rings (SSSR count). The number of carbonyl (C=O) groups is 2. The molecule has 1 aliphatic heterocycles. The molecule has 0 spiro atoms. The summed E-state index contributed by atoms with van der Waals surface area (Å²) in [6, 6.07) is 7.75. The van der Waals surface area contributed by atoms with Crippen molar-refractivity contribution in [3.8, 4) is 0 Å². The summed E-state index contributed by atoms with van der Waals surface area (Å²) in [5.41, 5.74) is 1.56. The highest BCUT2D eigenvalue weighted by Gasteiger charge is 2.60. The lowest BCUT2D eigenvalue weighted by molar-refractivity contribution is -0.136. The fourth-order valence-corrected chi connectivity index (χ4v) is 9.13. The first-order valence-electron chi connectivity index (χ1n) is 13.9. The Morgan fingerprint density at radius 3 is 2.65 bits per heavy atom. The SMILES string of the molecule is C[C@]12CCC(=O)NC1CC[C@@H]1[C@H]2CC[C@]2(C)C(CCCCCC(=O)c3cccc(Cl)c3)CC[C@@H]12. The fourth-order valence-electron chi connectivity index (χ4n) is 8.94. The van der Waals surface area contributed by atoms with Gasteiger partial charge >= 0.3 is 0 Å². The zero-order chi connectivity index (χ0) is 23.9. The minimum Gasteiger partial charge on any atom is -0.353 e. The van der Waals surface area contributed by atoms with E-state index < -0.39 is 0 Å². The van der Waals surface area contributed by atoms with Gasteiger partial charge < -0.3 is 5.32 Å². The summed E-state index contributed by atoms with van der Waals surface area (Å²) in [6.07, 6.45) is 15.1. The van der Waals surface area contributed by atoms with Crippen molar-refractivity contribution in [3.05, 3.63) is 34.9 Å². The van der Waals surface area contributed by atoms with Gasteiger partial charge in [-0.3, -0.25) is 9.59 Å². The van der Waals surface area contributed by atoms with Crippen LogP contribution in [-0.4, -0.2) is 17.7 Å². The molecule has 1 aromatic rings. The summed E-state index contributed by atoms with van der Waals surface area (Å²) >= 11 is 6.04. The van der Waals surface area contributed by atoms with Gasteiger partial charge in [0, 0.05) is 29.5 Å². The molecule has 3 aliphatic carbocycles. The third-order valence-electron chi connectivity index (χ3n) is 10.9. The lowest BCUT2D eigenvalue weighted by atomic mass is 9.47. The van der Waals surface area contributed by atoms with E-state index in [0.29, 0.717) is 28.3 Å². The number of piperidine rings is 1. The first-order chi connectivity index (χ1) is 16.3. The van der Waals surface area contributed by atoms with Crippen molar-refractivity contribution in [1.29, 1.82) is 0 Å². The summed E-state index contributed by atoms with van der Waals surface area (Å²) in [5, 5.41) is 4.00. The number of fused-ring (bicyclic) bond motifs is 5. The highest BCUT2D eigenvalue weighted by molar-refractivity contribution is 6.31. The Hall–Kier alpha value is -1.35. The molecule has 186 valence electrons. The van der Waals surface area contributed by atoms with Crippen LogP contribution in [0, 0.1) is 34.5 Å². The number of unbranched alkanes of at least 4 members (excludes halogenated alkanes) is 2. The second kappa shape index (κ2) is 9.60. The molecule has 7 atom stereocenters. The minimum absolute atomic E-state index is 0.219. The first kappa shape index (κ1) is 24.3. The second-order valence-electron chi connectivity index (χ2n) is 12.4. The lowest BCUT2D eigenvalue weighted by Gasteiger charge is -2.60. The van der Waals surface area contributed by atoms with E-state index in [2.05, 4.69) is 19.2 Å². The van der Waals surface area contributed by atoms with Crippen LogP contribution in [0.25, 0.3) is 0 Å². The Labute approximate surface area is 210 Å². The molecule has 2 unspecified atom stereocenters. The van der Waals surface area contributed by atoms with Crippen LogP contribution in [0.4, 0.5) is 0 Å². The summed E-state index contributed by atoms with van der Waals surface area (Å²) < 4.78 is 0. The zero-order valence-corrected chi connectivity index (χ0v) is 21.8. The summed E-state index contributed by atoms with van der Waals surface area (Å²) in [6.45, 7) is 5.11. The van der Waals surface area contributed by atoms with Gasteiger partial charge in [0.1, 0.15) is 0 Å². The van der Waals surface area contributed by atoms with Gasteiger partial charge in [-0.2, -0.15) is 0 Å². The highest BCUT2D eigenvalue weighted by Crippen LogP contribution is 2.66. The minimum atomic E-state index is 0.219. The first-order valence-corrected chi connectivity index (χ1v) is 14.3. The number of hydrogen-bond donors (Lipinski definition) is 1. The molecule has 3 saturated carbocycles. The van der Waals surface area contributed by atoms with Crippen LogP contribution in [0.5, 0.6) is 0 Å². The molecular weight excluding hydrogens is 442 g/mol. The number of carbonyl (C=O) groups excluding carboxylic acids is 2. The van der Waals surface area contributed by atoms with Crippen molar-refractivity contribution in [2.75, 3.05) is 0 Å². The van der Waals surface area contributed by atoms with Crippen molar-refractivity contribution in [3.63, 3.8) is 0 Å². The third-order valence-corrected chi connectivity index (χ3v) is 11.1. The molecule has 1 aromatic carbocycles. The van der Waals surface area contributed by atoms with Crippen LogP contribution in [-0.2, 0) is 4.79 Å².